The van der Waals surface area contributed by atoms with Crippen LogP contribution in [0.25, 0.3) is 22.3 Å². The topological polar surface area (TPSA) is 216 Å². The summed E-state index contributed by atoms with van der Waals surface area (Å²) in [5, 5.41) is 27.5. The van der Waals surface area contributed by atoms with Gasteiger partial charge in [0.25, 0.3) is 0 Å². The first kappa shape index (κ1) is 71.1. The van der Waals surface area contributed by atoms with E-state index in [0.717, 1.165) is 47.5 Å². The van der Waals surface area contributed by atoms with Gasteiger partial charge in [0.2, 0.25) is 52.2 Å². The minimum atomic E-state index is -2.34. The van der Waals surface area contributed by atoms with E-state index >= 15 is 0 Å². The molecule has 7 aromatic carbocycles. The van der Waals surface area contributed by atoms with Crippen LogP contribution in [0.3, 0.4) is 0 Å². The lowest BCUT2D eigenvalue weighted by Crippen LogP contribution is -2.50. The van der Waals surface area contributed by atoms with E-state index in [0.29, 0.717) is 35.7 Å². The van der Waals surface area contributed by atoms with Crippen LogP contribution in [-0.2, 0) is 41.6 Å². The molecule has 16 nitrogen and oxygen atoms in total. The van der Waals surface area contributed by atoms with E-state index in [4.69, 9.17) is 19.7 Å². The quantitative estimate of drug-likeness (QED) is 0.0131. The number of aliphatic carboxylic acids is 3. The molecule has 0 aliphatic rings. The highest BCUT2D eigenvalue weighted by atomic mass is 19.2. The Morgan fingerprint density at radius 1 is 0.391 bits per heavy atom. The molecule has 92 heavy (non-hydrogen) atoms. The van der Waals surface area contributed by atoms with Crippen molar-refractivity contribution in [1.82, 2.24) is 9.80 Å². The van der Waals surface area contributed by atoms with Gasteiger partial charge in [0.05, 0.1) is 39.4 Å². The summed E-state index contributed by atoms with van der Waals surface area (Å²) in [6.07, 6.45) is 2.93. The van der Waals surface area contributed by atoms with Gasteiger partial charge in [0.15, 0.2) is 34.9 Å². The van der Waals surface area contributed by atoms with Gasteiger partial charge in [0.1, 0.15) is 23.6 Å². The minimum absolute atomic E-state index is 0.0135. The molecule has 488 valence electrons. The highest BCUT2D eigenvalue weighted by molar-refractivity contribution is 5.83. The van der Waals surface area contributed by atoms with Crippen LogP contribution < -0.4 is 23.7 Å². The fraction of sp³-hybridized carbons (Fsp3) is 0.250. The number of hydrogen-bond donors (Lipinski definition) is 3. The number of hydrogen-bond acceptors (Lipinski definition) is 13. The Kier molecular flexibility index (Phi) is 25.7. The monoisotopic (exact) mass is 1300 g/mol. The molecule has 2 atom stereocenters. The number of halogens is 12. The normalized spacial score (nSPS) is 11.7. The molecule has 7 aromatic rings. The molecular formula is C64H54F12N2O14. The van der Waals surface area contributed by atoms with Crippen molar-refractivity contribution in [3.63, 3.8) is 0 Å². The zero-order chi connectivity index (χ0) is 67.5. The maximum atomic E-state index is 14.7. The van der Waals surface area contributed by atoms with Crippen molar-refractivity contribution in [2.24, 2.45) is 0 Å². The molecule has 0 amide bonds. The number of esters is 3. The maximum absolute atomic E-state index is 14.7. The summed E-state index contributed by atoms with van der Waals surface area (Å²) in [6, 6.07) is 22.9. The van der Waals surface area contributed by atoms with Crippen LogP contribution in [0, 0.1) is 69.8 Å². The molecule has 28 heteroatoms. The molecule has 7 rings (SSSR count). The third-order valence-electron chi connectivity index (χ3n) is 13.3. The van der Waals surface area contributed by atoms with Gasteiger partial charge in [-0.05, 0) is 83.3 Å². The Labute approximate surface area is 515 Å². The summed E-state index contributed by atoms with van der Waals surface area (Å²) in [6.45, 7) is 0.617. The molecule has 0 heterocycles. The third-order valence-corrected chi connectivity index (χ3v) is 13.3. The lowest BCUT2D eigenvalue weighted by molar-refractivity contribution is -0.150. The van der Waals surface area contributed by atoms with Crippen LogP contribution in [0.5, 0.6) is 28.7 Å². The third kappa shape index (κ3) is 19.5. The first-order valence-corrected chi connectivity index (χ1v) is 27.6. The molecular weight excluding hydrogens is 1250 g/mol. The molecule has 0 aromatic heterocycles. The molecule has 0 aliphatic heterocycles. The van der Waals surface area contributed by atoms with Crippen molar-refractivity contribution in [2.75, 3.05) is 39.4 Å². The number of carbonyl (C=O) groups excluding carboxylic acids is 3. The number of unbranched alkanes of at least 4 members (excludes halogenated alkanes) is 2. The average molecular weight is 1300 g/mol. The Hall–Kier alpha value is -9.96. The predicted molar refractivity (Wildman–Crippen MR) is 301 cm³/mol. The second kappa shape index (κ2) is 33.2. The average Bonchev–Trinajstić information content (AvgIpc) is 0.993. The van der Waals surface area contributed by atoms with E-state index in [9.17, 15) is 86.6 Å². The minimum Gasteiger partial charge on any atom is -0.494 e. The number of carbonyl (C=O) groups is 6. The Morgan fingerprint density at radius 3 is 0.967 bits per heavy atom. The Morgan fingerprint density at radius 2 is 0.674 bits per heavy atom. The van der Waals surface area contributed by atoms with Crippen LogP contribution in [0.4, 0.5) is 52.7 Å². The number of carboxylic acids is 3. The van der Waals surface area contributed by atoms with Gasteiger partial charge in [-0.2, -0.15) is 26.3 Å². The summed E-state index contributed by atoms with van der Waals surface area (Å²) < 4.78 is 196. The molecule has 0 radical (unpaired) electrons. The SMILES string of the molecule is CCCCOc1ccc(-c2ccc(CC(C(=O)O)N(CC(=O)O)CC(=O)O)cc2)cc1.CCCCOc1ccc(-c2ccc(CC(C(=O)Oc3c(F)c(F)cc(F)c3F)N(CC(=O)Oc3c(F)c(F)cc(F)c3F)CC(=O)Oc3c(F)c(F)cc(F)c3F)cc2)cc1. The highest BCUT2D eigenvalue weighted by Crippen LogP contribution is 2.32. The predicted octanol–water partition coefficient (Wildman–Crippen LogP) is 12.2. The standard InChI is InChI=1S/C41H27F12NO7.C23H27NO7/c1-2-3-12-58-22-10-8-21(9-11-22)20-6-4-19(5-7-20)13-29(41(57)61-40-36(52)27(46)16-28(47)37(40)53)54(17-30(55)59-38-32(48)23(42)14-24(43)33(38)49)18-31(56)60-39-34(50)25(44)15-26(45)35(39)51;1-2-3-12-31-19-10-8-18(9-11-19)17-6-4-16(5-7-17)13-20(23(29)30)24(14-21(25)26)15-22(27)28/h4-11,14-16,29H,2-3,12-13,17-18H2,1H3;4-11,20H,2-3,12-15H2,1H3,(H,25,26)(H,27,28)(H,29,30). The van der Waals surface area contributed by atoms with E-state index in [2.05, 4.69) is 21.1 Å². The fourth-order valence-corrected chi connectivity index (χ4v) is 8.62. The Balaban J connectivity index is 0.000000363. The maximum Gasteiger partial charge on any atom is 0.329 e. The van der Waals surface area contributed by atoms with Gasteiger partial charge in [0, 0.05) is 18.2 Å². The van der Waals surface area contributed by atoms with E-state index < -0.39 is 168 Å². The number of ether oxygens (including phenoxy) is 5. The van der Waals surface area contributed by atoms with Crippen LogP contribution in [-0.4, -0.2) is 112 Å². The number of rotatable bonds is 29. The van der Waals surface area contributed by atoms with E-state index in [1.165, 1.54) is 24.3 Å². The summed E-state index contributed by atoms with van der Waals surface area (Å²) in [4.78, 5) is 74.9. The highest BCUT2D eigenvalue weighted by Gasteiger charge is 2.37. The molecule has 0 aliphatic carbocycles. The van der Waals surface area contributed by atoms with E-state index in [1.807, 2.05) is 43.3 Å². The summed E-state index contributed by atoms with van der Waals surface area (Å²) in [5.41, 5.74) is 3.79. The van der Waals surface area contributed by atoms with Crippen molar-refractivity contribution >= 4 is 35.8 Å². The molecule has 2 unspecified atom stereocenters. The van der Waals surface area contributed by atoms with Crippen LogP contribution >= 0.6 is 0 Å². The molecule has 0 saturated heterocycles. The Bertz CT molecular complexity index is 3600. The number of carboxylic acid groups (broad SMARTS) is 3. The van der Waals surface area contributed by atoms with E-state index in [-0.39, 0.29) is 35.1 Å². The van der Waals surface area contributed by atoms with Gasteiger partial charge in [-0.25, -0.2) is 31.1 Å². The summed E-state index contributed by atoms with van der Waals surface area (Å²) >= 11 is 0. The van der Waals surface area contributed by atoms with Crippen molar-refractivity contribution in [3.05, 3.63) is 196 Å². The molecule has 0 spiro atoms. The lowest BCUT2D eigenvalue weighted by Gasteiger charge is -2.29. The number of benzene rings is 7. The fourth-order valence-electron chi connectivity index (χ4n) is 8.62. The van der Waals surface area contributed by atoms with Crippen LogP contribution in [0.1, 0.15) is 50.7 Å². The molecule has 3 N–H and O–H groups in total. The summed E-state index contributed by atoms with van der Waals surface area (Å²) in [5.74, 6) is -40.1. The summed E-state index contributed by atoms with van der Waals surface area (Å²) in [7, 11) is 0. The first-order valence-electron chi connectivity index (χ1n) is 27.6. The second-order valence-electron chi connectivity index (χ2n) is 20.0. The smallest absolute Gasteiger partial charge is 0.329 e. The van der Waals surface area contributed by atoms with Gasteiger partial charge in [-0.15, -0.1) is 0 Å². The molecule has 0 bridgehead atoms. The zero-order valence-corrected chi connectivity index (χ0v) is 48.4. The second-order valence-corrected chi connectivity index (χ2v) is 20.0. The zero-order valence-electron chi connectivity index (χ0n) is 48.4. The van der Waals surface area contributed by atoms with Gasteiger partial charge in [-0.1, -0.05) is 99.5 Å². The van der Waals surface area contributed by atoms with Crippen LogP contribution in [0.15, 0.2) is 115 Å². The van der Waals surface area contributed by atoms with Gasteiger partial charge < -0.3 is 39.0 Å². The van der Waals surface area contributed by atoms with E-state index in [1.54, 1.807) is 36.4 Å². The van der Waals surface area contributed by atoms with Gasteiger partial charge in [-0.3, -0.25) is 33.8 Å². The number of nitrogens with zero attached hydrogens (tertiary/aromatic N) is 2. The lowest BCUT2D eigenvalue weighted by atomic mass is 9.99. The molecule has 0 saturated carbocycles. The van der Waals surface area contributed by atoms with Crippen molar-refractivity contribution in [2.45, 2.75) is 64.5 Å². The largest absolute Gasteiger partial charge is 0.494 e. The first-order chi connectivity index (χ1) is 43.7. The van der Waals surface area contributed by atoms with Gasteiger partial charge >= 0.3 is 35.8 Å². The van der Waals surface area contributed by atoms with Crippen molar-refractivity contribution in [3.8, 4) is 51.0 Å². The van der Waals surface area contributed by atoms with Crippen molar-refractivity contribution in [1.29, 1.82) is 0 Å². The molecule has 0 fully saturated rings. The van der Waals surface area contributed by atoms with Crippen molar-refractivity contribution < 1.29 is 120 Å². The van der Waals surface area contributed by atoms with Crippen LogP contribution in [0.2, 0.25) is 0 Å².